The Labute approximate surface area is 117 Å². The zero-order valence-corrected chi connectivity index (χ0v) is 12.4. The lowest BCUT2D eigenvalue weighted by Gasteiger charge is -2.15. The second-order valence-electron chi connectivity index (χ2n) is 5.30. The fourth-order valence-corrected chi connectivity index (χ4v) is 2.78. The Morgan fingerprint density at radius 3 is 2.16 bits per heavy atom. The molecule has 0 amide bonds. The smallest absolute Gasteiger partial charge is 0.0147 e. The van der Waals surface area contributed by atoms with E-state index in [1.807, 2.05) is 0 Å². The molecule has 0 radical (unpaired) electrons. The van der Waals surface area contributed by atoms with Crippen LogP contribution in [0.2, 0.25) is 0 Å². The van der Waals surface area contributed by atoms with Gasteiger partial charge in [-0.1, -0.05) is 69.2 Å². The van der Waals surface area contributed by atoms with Gasteiger partial charge < -0.3 is 0 Å². The van der Waals surface area contributed by atoms with Gasteiger partial charge in [-0.25, -0.2) is 0 Å². The van der Waals surface area contributed by atoms with Crippen molar-refractivity contribution < 1.29 is 0 Å². The Bertz CT molecular complexity index is 523. The van der Waals surface area contributed by atoms with Crippen molar-refractivity contribution >= 4 is 0 Å². The van der Waals surface area contributed by atoms with Crippen LogP contribution in [0.3, 0.4) is 0 Å². The molecule has 0 atom stereocenters. The maximum atomic E-state index is 2.40. The van der Waals surface area contributed by atoms with E-state index in [-0.39, 0.29) is 0 Å². The Balaban J connectivity index is 2.54. The second kappa shape index (κ2) is 6.56. The predicted octanol–water partition coefficient (Wildman–Crippen LogP) is 5.57. The average molecular weight is 252 g/mol. The minimum atomic E-state index is 1.17. The van der Waals surface area contributed by atoms with Crippen LogP contribution >= 0.6 is 0 Å². The van der Waals surface area contributed by atoms with Crippen molar-refractivity contribution in [3.63, 3.8) is 0 Å². The molecule has 2 aromatic carbocycles. The molecule has 0 fully saturated rings. The van der Waals surface area contributed by atoms with Gasteiger partial charge in [0, 0.05) is 0 Å². The molecule has 2 aromatic rings. The molecule has 100 valence electrons. The van der Waals surface area contributed by atoms with E-state index in [1.54, 1.807) is 0 Å². The summed E-state index contributed by atoms with van der Waals surface area (Å²) in [4.78, 5) is 0. The van der Waals surface area contributed by atoms with E-state index in [0.717, 1.165) is 0 Å². The van der Waals surface area contributed by atoms with E-state index >= 15 is 0 Å². The highest BCUT2D eigenvalue weighted by atomic mass is 14.1. The van der Waals surface area contributed by atoms with Crippen LogP contribution in [-0.4, -0.2) is 0 Å². The summed E-state index contributed by atoms with van der Waals surface area (Å²) in [6.45, 7) is 6.77. The maximum Gasteiger partial charge on any atom is -0.0147 e. The van der Waals surface area contributed by atoms with Gasteiger partial charge in [0.1, 0.15) is 0 Å². The molecule has 0 heterocycles. The molecule has 0 saturated carbocycles. The molecule has 0 saturated heterocycles. The lowest BCUT2D eigenvalue weighted by molar-refractivity contribution is 0.897. The molecule has 0 spiro atoms. The van der Waals surface area contributed by atoms with Crippen LogP contribution in [0.1, 0.15) is 43.4 Å². The Hall–Kier alpha value is -1.56. The molecule has 0 aromatic heterocycles. The van der Waals surface area contributed by atoms with Gasteiger partial charge >= 0.3 is 0 Å². The lowest BCUT2D eigenvalue weighted by Crippen LogP contribution is -1.97. The summed E-state index contributed by atoms with van der Waals surface area (Å²) in [6.07, 6.45) is 4.75. The highest BCUT2D eigenvalue weighted by molar-refractivity contribution is 5.69. The van der Waals surface area contributed by atoms with Gasteiger partial charge in [0.25, 0.3) is 0 Å². The van der Waals surface area contributed by atoms with E-state index in [9.17, 15) is 0 Å². The molecular formula is C19H24. The van der Waals surface area contributed by atoms with Crippen molar-refractivity contribution in [1.82, 2.24) is 0 Å². The van der Waals surface area contributed by atoms with E-state index in [2.05, 4.69) is 63.2 Å². The van der Waals surface area contributed by atoms with Crippen LogP contribution in [0.4, 0.5) is 0 Å². The van der Waals surface area contributed by atoms with Crippen molar-refractivity contribution in [2.45, 2.75) is 46.5 Å². The molecule has 0 unspecified atom stereocenters. The van der Waals surface area contributed by atoms with Gasteiger partial charge in [-0.3, -0.25) is 0 Å². The monoisotopic (exact) mass is 252 g/mol. The molecule has 0 N–H and O–H groups in total. The summed E-state index contributed by atoms with van der Waals surface area (Å²) >= 11 is 0. The normalized spacial score (nSPS) is 10.7. The van der Waals surface area contributed by atoms with E-state index in [1.165, 1.54) is 53.5 Å². The lowest BCUT2D eigenvalue weighted by atomic mass is 9.90. The highest BCUT2D eigenvalue weighted by Gasteiger charge is 2.09. The largest absolute Gasteiger partial charge is 0.0651 e. The summed E-state index contributed by atoms with van der Waals surface area (Å²) in [5.74, 6) is 0. The minimum Gasteiger partial charge on any atom is -0.0651 e. The van der Waals surface area contributed by atoms with Crippen LogP contribution in [0, 0.1) is 6.92 Å². The molecular weight excluding hydrogens is 228 g/mol. The number of benzene rings is 2. The van der Waals surface area contributed by atoms with Crippen molar-refractivity contribution in [3.8, 4) is 11.1 Å². The molecule has 0 aliphatic rings. The first-order valence-corrected chi connectivity index (χ1v) is 7.44. The van der Waals surface area contributed by atoms with Gasteiger partial charge in [0.15, 0.2) is 0 Å². The average Bonchev–Trinajstić information content (AvgIpc) is 2.43. The molecule has 0 nitrogen and oxygen atoms in total. The predicted molar refractivity (Wildman–Crippen MR) is 84.6 cm³/mol. The third-order valence-corrected chi connectivity index (χ3v) is 3.66. The second-order valence-corrected chi connectivity index (χ2v) is 5.30. The van der Waals surface area contributed by atoms with Crippen molar-refractivity contribution in [1.29, 1.82) is 0 Å². The summed E-state index contributed by atoms with van der Waals surface area (Å²) < 4.78 is 0. The van der Waals surface area contributed by atoms with Gasteiger partial charge in [-0.15, -0.1) is 0 Å². The first kappa shape index (κ1) is 13.9. The van der Waals surface area contributed by atoms with Crippen molar-refractivity contribution in [2.24, 2.45) is 0 Å². The number of hydrogen-bond acceptors (Lipinski definition) is 0. The van der Waals surface area contributed by atoms with Gasteiger partial charge in [0.05, 0.1) is 0 Å². The fraction of sp³-hybridized carbons (Fsp3) is 0.368. The summed E-state index contributed by atoms with van der Waals surface area (Å²) in [7, 11) is 0. The summed E-state index contributed by atoms with van der Waals surface area (Å²) in [5.41, 5.74) is 7.23. The molecule has 0 bridgehead atoms. The van der Waals surface area contributed by atoms with Gasteiger partial charge in [-0.05, 0) is 47.6 Å². The molecule has 0 aliphatic heterocycles. The summed E-state index contributed by atoms with van der Waals surface area (Å²) in [6, 6.07) is 15.6. The topological polar surface area (TPSA) is 0 Å². The number of rotatable bonds is 5. The Morgan fingerprint density at radius 2 is 1.53 bits per heavy atom. The zero-order chi connectivity index (χ0) is 13.7. The minimum absolute atomic E-state index is 1.17. The third kappa shape index (κ3) is 3.26. The van der Waals surface area contributed by atoms with Crippen LogP contribution in [-0.2, 0) is 12.8 Å². The quantitative estimate of drug-likeness (QED) is 0.653. The first-order chi connectivity index (χ1) is 9.26. The number of hydrogen-bond donors (Lipinski definition) is 0. The molecule has 2 rings (SSSR count). The molecule has 19 heavy (non-hydrogen) atoms. The van der Waals surface area contributed by atoms with Crippen LogP contribution in [0.15, 0.2) is 42.5 Å². The fourth-order valence-electron chi connectivity index (χ4n) is 2.78. The highest BCUT2D eigenvalue weighted by Crippen LogP contribution is 2.29. The van der Waals surface area contributed by atoms with Crippen molar-refractivity contribution in [3.05, 3.63) is 59.2 Å². The zero-order valence-electron chi connectivity index (χ0n) is 12.4. The standard InChI is InChI=1S/C19H24/c1-4-9-16-13-15(3)18(10-5-2)19(14-16)17-11-7-6-8-12-17/h6-8,11-14H,4-5,9-10H2,1-3H3. The SMILES string of the molecule is CCCc1cc(C)c(CCC)c(-c2ccccc2)c1. The first-order valence-electron chi connectivity index (χ1n) is 7.44. The third-order valence-electron chi connectivity index (χ3n) is 3.66. The van der Waals surface area contributed by atoms with Crippen LogP contribution in [0.5, 0.6) is 0 Å². The summed E-state index contributed by atoms with van der Waals surface area (Å²) in [5, 5.41) is 0. The van der Waals surface area contributed by atoms with E-state index in [4.69, 9.17) is 0 Å². The number of aryl methyl sites for hydroxylation is 2. The molecule has 0 heteroatoms. The van der Waals surface area contributed by atoms with E-state index in [0.29, 0.717) is 0 Å². The van der Waals surface area contributed by atoms with Crippen LogP contribution < -0.4 is 0 Å². The van der Waals surface area contributed by atoms with Gasteiger partial charge in [0.2, 0.25) is 0 Å². The van der Waals surface area contributed by atoms with Crippen molar-refractivity contribution in [2.75, 3.05) is 0 Å². The maximum absolute atomic E-state index is 2.40. The Morgan fingerprint density at radius 1 is 0.842 bits per heavy atom. The van der Waals surface area contributed by atoms with Crippen LogP contribution in [0.25, 0.3) is 11.1 Å². The van der Waals surface area contributed by atoms with Gasteiger partial charge in [-0.2, -0.15) is 0 Å². The Kier molecular flexibility index (Phi) is 4.79. The van der Waals surface area contributed by atoms with E-state index < -0.39 is 0 Å². The molecule has 0 aliphatic carbocycles.